The van der Waals surface area contributed by atoms with Gasteiger partial charge < -0.3 is 9.84 Å². The van der Waals surface area contributed by atoms with Crippen LogP contribution in [-0.2, 0) is 6.18 Å². The second-order valence-electron chi connectivity index (χ2n) is 2.69. The number of halogens is 7. The first-order valence-corrected chi connectivity index (χ1v) is 4.11. The van der Waals surface area contributed by atoms with E-state index in [1.54, 1.807) is 0 Å². The van der Waals surface area contributed by atoms with E-state index >= 15 is 0 Å². The molecule has 0 aliphatic rings. The Morgan fingerprint density at radius 3 is 2.12 bits per heavy atom. The zero-order valence-electron chi connectivity index (χ0n) is 7.53. The zero-order chi connectivity index (χ0) is 13.4. The third-order valence-corrected chi connectivity index (χ3v) is 1.68. The van der Waals surface area contributed by atoms with E-state index in [0.29, 0.717) is 0 Å². The minimum atomic E-state index is -5.24. The Balaban J connectivity index is 3.25. The Labute approximate surface area is 94.6 Å². The van der Waals surface area contributed by atoms with Gasteiger partial charge in [-0.25, -0.2) is 4.98 Å². The summed E-state index contributed by atoms with van der Waals surface area (Å²) in [5, 5.41) is 7.95. The molecule has 3 nitrogen and oxygen atoms in total. The molecule has 0 radical (unpaired) electrons. The first-order valence-electron chi connectivity index (χ1n) is 3.73. The molecule has 0 saturated carbocycles. The van der Waals surface area contributed by atoms with E-state index in [4.69, 9.17) is 16.7 Å². The monoisotopic (exact) mass is 281 g/mol. The van der Waals surface area contributed by atoms with Crippen LogP contribution >= 0.6 is 11.6 Å². The fourth-order valence-electron chi connectivity index (χ4n) is 0.852. The van der Waals surface area contributed by atoms with Gasteiger partial charge in [-0.15, -0.1) is 13.2 Å². The van der Waals surface area contributed by atoms with Gasteiger partial charge in [0.25, 0.3) is 0 Å². The summed E-state index contributed by atoms with van der Waals surface area (Å²) in [7, 11) is 0. The van der Waals surface area contributed by atoms with Crippen molar-refractivity contribution >= 4 is 11.6 Å². The van der Waals surface area contributed by atoms with Gasteiger partial charge in [0.15, 0.2) is 5.69 Å². The fourth-order valence-corrected chi connectivity index (χ4v) is 1.04. The SMILES string of the molecule is Oc1cc(Cl)c(OC(F)(F)F)nc1C(F)(F)F. The van der Waals surface area contributed by atoms with Gasteiger partial charge in [0, 0.05) is 6.07 Å². The average molecular weight is 282 g/mol. The smallest absolute Gasteiger partial charge is 0.506 e. The minimum absolute atomic E-state index is 0.262. The van der Waals surface area contributed by atoms with E-state index in [1.807, 2.05) is 0 Å². The second-order valence-corrected chi connectivity index (χ2v) is 3.10. The summed E-state index contributed by atoms with van der Waals surface area (Å²) in [6.07, 6.45) is -10.4. The molecule has 0 amide bonds. The van der Waals surface area contributed by atoms with Crippen LogP contribution in [0.15, 0.2) is 6.07 Å². The van der Waals surface area contributed by atoms with Gasteiger partial charge in [0.05, 0.1) is 0 Å². The summed E-state index contributed by atoms with van der Waals surface area (Å²) in [6, 6.07) is 0.262. The molecule has 17 heavy (non-hydrogen) atoms. The molecule has 1 rings (SSSR count). The van der Waals surface area contributed by atoms with Crippen LogP contribution in [0, 0.1) is 0 Å². The number of ether oxygens (including phenoxy) is 1. The topological polar surface area (TPSA) is 42.4 Å². The van der Waals surface area contributed by atoms with Crippen molar-refractivity contribution < 1.29 is 36.2 Å². The van der Waals surface area contributed by atoms with Crippen LogP contribution in [-0.4, -0.2) is 16.5 Å². The van der Waals surface area contributed by atoms with Gasteiger partial charge in [-0.2, -0.15) is 13.2 Å². The van der Waals surface area contributed by atoms with E-state index < -0.39 is 34.9 Å². The van der Waals surface area contributed by atoms with Gasteiger partial charge in [-0.3, -0.25) is 0 Å². The quantitative estimate of drug-likeness (QED) is 0.803. The number of hydrogen-bond donors (Lipinski definition) is 1. The van der Waals surface area contributed by atoms with Gasteiger partial charge >= 0.3 is 12.5 Å². The van der Waals surface area contributed by atoms with Crippen LogP contribution in [0.3, 0.4) is 0 Å². The first-order chi connectivity index (χ1) is 7.50. The molecule has 0 fully saturated rings. The van der Waals surface area contributed by atoms with Crippen LogP contribution in [0.5, 0.6) is 11.6 Å². The summed E-state index contributed by atoms with van der Waals surface area (Å²) in [4.78, 5) is 2.48. The highest BCUT2D eigenvalue weighted by Crippen LogP contribution is 2.39. The predicted molar refractivity (Wildman–Crippen MR) is 42.6 cm³/mol. The third kappa shape index (κ3) is 3.55. The lowest BCUT2D eigenvalue weighted by Crippen LogP contribution is -2.19. The van der Waals surface area contributed by atoms with Crippen molar-refractivity contribution in [1.82, 2.24) is 4.98 Å². The third-order valence-electron chi connectivity index (χ3n) is 1.40. The van der Waals surface area contributed by atoms with Crippen LogP contribution < -0.4 is 4.74 Å². The van der Waals surface area contributed by atoms with Crippen molar-refractivity contribution in [2.24, 2.45) is 0 Å². The molecule has 0 atom stereocenters. The predicted octanol–water partition coefficient (Wildman–Crippen LogP) is 3.36. The Morgan fingerprint density at radius 1 is 1.18 bits per heavy atom. The Kier molecular flexibility index (Phi) is 3.33. The number of aromatic nitrogens is 1. The molecule has 1 heterocycles. The van der Waals surface area contributed by atoms with E-state index in [0.717, 1.165) is 0 Å². The van der Waals surface area contributed by atoms with Crippen LogP contribution in [0.25, 0.3) is 0 Å². The number of nitrogens with zero attached hydrogens (tertiary/aromatic N) is 1. The van der Waals surface area contributed by atoms with E-state index in [2.05, 4.69) is 9.72 Å². The largest absolute Gasteiger partial charge is 0.574 e. The molecule has 1 aromatic heterocycles. The standard InChI is InChI=1S/C7H2ClF6NO2/c8-2-1-3(16)4(6(9,10)11)15-5(2)17-7(12,13)14/h1,16H. The molecule has 0 aromatic carbocycles. The van der Waals surface area contributed by atoms with Gasteiger partial charge in [-0.1, -0.05) is 11.6 Å². The Morgan fingerprint density at radius 2 is 1.71 bits per heavy atom. The number of rotatable bonds is 1. The maximum absolute atomic E-state index is 12.2. The summed E-state index contributed by atoms with van der Waals surface area (Å²) in [5.74, 6) is -2.87. The Hall–Kier alpha value is -1.38. The van der Waals surface area contributed by atoms with Crippen molar-refractivity contribution in [3.63, 3.8) is 0 Å². The van der Waals surface area contributed by atoms with Gasteiger partial charge in [-0.05, 0) is 0 Å². The molecule has 1 aromatic rings. The van der Waals surface area contributed by atoms with Crippen molar-refractivity contribution in [2.45, 2.75) is 12.5 Å². The summed E-state index contributed by atoms with van der Waals surface area (Å²) in [5.41, 5.74) is -1.92. The van der Waals surface area contributed by atoms with Crippen molar-refractivity contribution in [2.75, 3.05) is 0 Å². The molecule has 96 valence electrons. The molecule has 0 aliphatic heterocycles. The Bertz CT molecular complexity index is 430. The fraction of sp³-hybridized carbons (Fsp3) is 0.286. The molecular weight excluding hydrogens is 280 g/mol. The van der Waals surface area contributed by atoms with Gasteiger partial charge in [0.2, 0.25) is 5.88 Å². The molecule has 0 aliphatic carbocycles. The molecular formula is C7H2ClF6NO2. The molecule has 0 bridgehead atoms. The highest BCUT2D eigenvalue weighted by molar-refractivity contribution is 6.32. The summed E-state index contributed by atoms with van der Waals surface area (Å²) >= 11 is 5.14. The molecule has 1 N–H and O–H groups in total. The lowest BCUT2D eigenvalue weighted by molar-refractivity contribution is -0.276. The molecule has 0 spiro atoms. The number of aromatic hydroxyl groups is 1. The van der Waals surface area contributed by atoms with Crippen molar-refractivity contribution in [3.8, 4) is 11.6 Å². The second kappa shape index (κ2) is 4.13. The van der Waals surface area contributed by atoms with Crippen LogP contribution in [0.2, 0.25) is 5.02 Å². The number of alkyl halides is 6. The maximum Gasteiger partial charge on any atom is 0.574 e. The van der Waals surface area contributed by atoms with Crippen molar-refractivity contribution in [1.29, 1.82) is 0 Å². The van der Waals surface area contributed by atoms with Crippen molar-refractivity contribution in [3.05, 3.63) is 16.8 Å². The van der Waals surface area contributed by atoms with Crippen LogP contribution in [0.1, 0.15) is 5.69 Å². The molecule has 10 heteroatoms. The molecule has 0 unspecified atom stereocenters. The van der Waals surface area contributed by atoms with Crippen LogP contribution in [0.4, 0.5) is 26.3 Å². The van der Waals surface area contributed by atoms with E-state index in [9.17, 15) is 26.3 Å². The van der Waals surface area contributed by atoms with Gasteiger partial charge in [0.1, 0.15) is 10.8 Å². The molecule has 0 saturated heterocycles. The summed E-state index contributed by atoms with van der Waals surface area (Å²) in [6.45, 7) is 0. The number of pyridine rings is 1. The number of hydrogen-bond acceptors (Lipinski definition) is 3. The normalized spacial score (nSPS) is 12.6. The zero-order valence-corrected chi connectivity index (χ0v) is 8.28. The first kappa shape index (κ1) is 13.7. The van der Waals surface area contributed by atoms with E-state index in [1.165, 1.54) is 0 Å². The lowest BCUT2D eigenvalue weighted by atomic mass is 10.3. The average Bonchev–Trinajstić information content (AvgIpc) is 2.05. The van der Waals surface area contributed by atoms with E-state index in [-0.39, 0.29) is 6.07 Å². The highest BCUT2D eigenvalue weighted by Gasteiger charge is 2.39. The minimum Gasteiger partial charge on any atom is -0.506 e. The lowest BCUT2D eigenvalue weighted by Gasteiger charge is -2.13. The highest BCUT2D eigenvalue weighted by atomic mass is 35.5. The maximum atomic E-state index is 12.2. The summed E-state index contributed by atoms with van der Waals surface area (Å²) < 4.78 is 75.1.